The van der Waals surface area contributed by atoms with E-state index < -0.39 is 109 Å². The van der Waals surface area contributed by atoms with Crippen LogP contribution < -0.4 is 11.1 Å². The number of hydrogen-bond acceptors (Lipinski definition) is 11. The molecule has 1 aliphatic rings. The van der Waals surface area contributed by atoms with Crippen LogP contribution in [0.4, 0.5) is 0 Å². The fourth-order valence-corrected chi connectivity index (χ4v) is 5.62. The summed E-state index contributed by atoms with van der Waals surface area (Å²) in [5, 5.41) is 20.2. The number of carbonyl (C=O) groups is 9. The van der Waals surface area contributed by atoms with E-state index >= 15 is 0 Å². The Morgan fingerprint density at radius 2 is 1.56 bits per heavy atom. The Morgan fingerprint density at radius 1 is 0.900 bits per heavy atom. The van der Waals surface area contributed by atoms with Gasteiger partial charge in [-0.2, -0.15) is 0 Å². The number of Topliss-reactive ketones (excluding diaryl/α,β-unsaturated/α-hetero) is 3. The zero-order valence-corrected chi connectivity index (χ0v) is 29.6. The monoisotopic (exact) mass is 711 g/mol. The standard InChI is InChI=1S/C34H53N3O13/c1-6-8-21(32(46)26(38)11-12-28(40)36-24(33(35)47)9-7-10-29(41)42)13-27(39)25-14-22(49-18-30(43)44)16-37(25)34(48)23(20(4)5)15-31(45)50-17-19(2)3/h19-25H,6-18H2,1-5H3,(H2,35,47)(H,36,40)(H,41,42)(H,43,44)/t21?,22-,23?,24?,25+/m1/s1. The summed E-state index contributed by atoms with van der Waals surface area (Å²) in [7, 11) is 0. The molecule has 0 bridgehead atoms. The third-order valence-corrected chi connectivity index (χ3v) is 8.32. The highest BCUT2D eigenvalue weighted by molar-refractivity contribution is 6.38. The van der Waals surface area contributed by atoms with Crippen LogP contribution in [0.5, 0.6) is 0 Å². The first-order chi connectivity index (χ1) is 23.4. The summed E-state index contributed by atoms with van der Waals surface area (Å²) in [6.07, 6.45) is -2.05. The number of ether oxygens (including phenoxy) is 2. The van der Waals surface area contributed by atoms with Crippen molar-refractivity contribution in [1.82, 2.24) is 10.2 Å². The molecular weight excluding hydrogens is 658 g/mol. The molecule has 0 aromatic rings. The van der Waals surface area contributed by atoms with Gasteiger partial charge in [-0.25, -0.2) is 4.79 Å². The number of carboxylic acids is 2. The molecule has 3 unspecified atom stereocenters. The number of carboxylic acid groups (broad SMARTS) is 2. The van der Waals surface area contributed by atoms with E-state index in [4.69, 9.17) is 25.4 Å². The van der Waals surface area contributed by atoms with Gasteiger partial charge in [-0.3, -0.25) is 38.4 Å². The van der Waals surface area contributed by atoms with Crippen LogP contribution in [0.15, 0.2) is 0 Å². The fraction of sp³-hybridized carbons (Fsp3) is 0.735. The molecule has 0 radical (unpaired) electrons. The number of nitrogens with two attached hydrogens (primary N) is 1. The predicted octanol–water partition coefficient (Wildman–Crippen LogP) is 1.44. The van der Waals surface area contributed by atoms with Crippen molar-refractivity contribution in [2.75, 3.05) is 19.8 Å². The van der Waals surface area contributed by atoms with E-state index in [0.717, 1.165) is 0 Å². The van der Waals surface area contributed by atoms with Crippen molar-refractivity contribution in [2.24, 2.45) is 29.4 Å². The lowest BCUT2D eigenvalue weighted by Gasteiger charge is -2.30. The van der Waals surface area contributed by atoms with Gasteiger partial charge >= 0.3 is 17.9 Å². The molecule has 0 aromatic heterocycles. The maximum atomic E-state index is 13.8. The van der Waals surface area contributed by atoms with Crippen LogP contribution in [0.2, 0.25) is 0 Å². The van der Waals surface area contributed by atoms with E-state index in [1.54, 1.807) is 20.8 Å². The molecule has 0 spiro atoms. The average molecular weight is 712 g/mol. The zero-order chi connectivity index (χ0) is 38.1. The van der Waals surface area contributed by atoms with Gasteiger partial charge in [0.15, 0.2) is 11.6 Å². The SMILES string of the molecule is CCCC(CC(=O)[C@@H]1C[C@@H](OCC(=O)O)CN1C(=O)C(CC(=O)OCC(C)C)C(C)C)C(=O)C(=O)CCC(=O)NC(CCCC(=O)O)C(N)=O. The van der Waals surface area contributed by atoms with E-state index in [1.165, 1.54) is 4.90 Å². The minimum atomic E-state index is -1.24. The second-order valence-corrected chi connectivity index (χ2v) is 13.5. The van der Waals surface area contributed by atoms with E-state index in [0.29, 0.717) is 6.42 Å². The molecule has 1 fully saturated rings. The molecule has 0 aliphatic carbocycles. The Balaban J connectivity index is 3.06. The van der Waals surface area contributed by atoms with Crippen molar-refractivity contribution in [1.29, 1.82) is 0 Å². The lowest BCUT2D eigenvalue weighted by Crippen LogP contribution is -2.46. The Hall–Kier alpha value is -4.21. The van der Waals surface area contributed by atoms with Gasteiger partial charge in [0, 0.05) is 44.6 Å². The van der Waals surface area contributed by atoms with Gasteiger partial charge in [0.1, 0.15) is 12.6 Å². The molecule has 0 aromatic carbocycles. The highest BCUT2D eigenvalue weighted by atomic mass is 16.5. The van der Waals surface area contributed by atoms with Gasteiger partial charge in [0.25, 0.3) is 0 Å². The third kappa shape index (κ3) is 15.6. The smallest absolute Gasteiger partial charge is 0.329 e. The van der Waals surface area contributed by atoms with Crippen LogP contribution in [-0.2, 0) is 52.6 Å². The maximum absolute atomic E-state index is 13.8. The third-order valence-electron chi connectivity index (χ3n) is 8.32. The predicted molar refractivity (Wildman–Crippen MR) is 176 cm³/mol. The molecule has 1 saturated heterocycles. The molecule has 5 atom stereocenters. The summed E-state index contributed by atoms with van der Waals surface area (Å²) in [5.41, 5.74) is 5.29. The summed E-state index contributed by atoms with van der Waals surface area (Å²) < 4.78 is 10.7. The number of aliphatic carboxylic acids is 2. The molecule has 16 nitrogen and oxygen atoms in total. The summed E-state index contributed by atoms with van der Waals surface area (Å²) in [4.78, 5) is 114. The topological polar surface area (TPSA) is 254 Å². The van der Waals surface area contributed by atoms with Crippen LogP contribution in [0, 0.1) is 23.7 Å². The minimum absolute atomic E-state index is 0.0238. The van der Waals surface area contributed by atoms with Gasteiger partial charge in [-0.15, -0.1) is 0 Å². The second kappa shape index (κ2) is 21.8. The summed E-state index contributed by atoms with van der Waals surface area (Å²) >= 11 is 0. The van der Waals surface area contributed by atoms with Gasteiger partial charge < -0.3 is 35.6 Å². The van der Waals surface area contributed by atoms with Crippen LogP contribution in [0.3, 0.4) is 0 Å². The second-order valence-electron chi connectivity index (χ2n) is 13.5. The summed E-state index contributed by atoms with van der Waals surface area (Å²) in [6, 6.07) is -2.26. The molecule has 3 amide bonds. The number of hydrogen-bond donors (Lipinski definition) is 4. The first kappa shape index (κ1) is 43.8. The number of primary amides is 1. The lowest BCUT2D eigenvalue weighted by atomic mass is 9.87. The van der Waals surface area contributed by atoms with Crippen molar-refractivity contribution < 1.29 is 62.8 Å². The number of ketones is 3. The van der Waals surface area contributed by atoms with E-state index in [1.807, 2.05) is 13.8 Å². The highest BCUT2D eigenvalue weighted by Crippen LogP contribution is 2.30. The molecule has 50 heavy (non-hydrogen) atoms. The number of esters is 1. The molecule has 282 valence electrons. The fourth-order valence-electron chi connectivity index (χ4n) is 5.62. The van der Waals surface area contributed by atoms with Gasteiger partial charge in [-0.05, 0) is 31.1 Å². The van der Waals surface area contributed by atoms with Crippen molar-refractivity contribution in [3.63, 3.8) is 0 Å². The van der Waals surface area contributed by atoms with Crippen molar-refractivity contribution in [3.05, 3.63) is 0 Å². The van der Waals surface area contributed by atoms with Crippen LogP contribution in [-0.4, -0.2) is 106 Å². The van der Waals surface area contributed by atoms with Crippen molar-refractivity contribution in [3.8, 4) is 0 Å². The van der Waals surface area contributed by atoms with Gasteiger partial charge in [-0.1, -0.05) is 41.0 Å². The van der Waals surface area contributed by atoms with E-state index in [9.17, 15) is 43.2 Å². The molecule has 1 aliphatic heterocycles. The molecule has 1 rings (SSSR count). The Morgan fingerprint density at radius 3 is 2.10 bits per heavy atom. The van der Waals surface area contributed by atoms with Crippen LogP contribution in [0.25, 0.3) is 0 Å². The molecule has 16 heteroatoms. The molecule has 1 heterocycles. The molecular formula is C34H53N3O13. The van der Waals surface area contributed by atoms with Crippen LogP contribution >= 0.6 is 0 Å². The number of rotatable bonds is 25. The Labute approximate surface area is 292 Å². The highest BCUT2D eigenvalue weighted by Gasteiger charge is 2.44. The van der Waals surface area contributed by atoms with Crippen molar-refractivity contribution in [2.45, 2.75) is 117 Å². The maximum Gasteiger partial charge on any atom is 0.329 e. The normalized spacial score (nSPS) is 17.5. The minimum Gasteiger partial charge on any atom is -0.481 e. The van der Waals surface area contributed by atoms with Gasteiger partial charge in [0.2, 0.25) is 23.5 Å². The van der Waals surface area contributed by atoms with Gasteiger partial charge in [0.05, 0.1) is 31.1 Å². The molecule has 0 saturated carbocycles. The lowest BCUT2D eigenvalue weighted by molar-refractivity contribution is -0.152. The Bertz CT molecular complexity index is 1250. The number of amides is 3. The summed E-state index contributed by atoms with van der Waals surface area (Å²) in [5.74, 6) is -9.50. The molecule has 5 N–H and O–H groups in total. The van der Waals surface area contributed by atoms with E-state index in [2.05, 4.69) is 5.32 Å². The summed E-state index contributed by atoms with van der Waals surface area (Å²) in [6.45, 7) is 8.38. The average Bonchev–Trinajstić information content (AvgIpc) is 3.47. The first-order valence-electron chi connectivity index (χ1n) is 17.1. The number of carbonyl (C=O) groups excluding carboxylic acids is 7. The van der Waals surface area contributed by atoms with E-state index in [-0.39, 0.29) is 63.5 Å². The zero-order valence-electron chi connectivity index (χ0n) is 29.6. The Kier molecular flexibility index (Phi) is 19.1. The first-order valence-corrected chi connectivity index (χ1v) is 17.1. The quantitative estimate of drug-likeness (QED) is 0.0773. The number of nitrogens with one attached hydrogen (secondary N) is 1. The van der Waals surface area contributed by atoms with Crippen LogP contribution in [0.1, 0.15) is 98.8 Å². The number of likely N-dealkylation sites (tertiary alicyclic amines) is 1. The number of nitrogens with zero attached hydrogens (tertiary/aromatic N) is 1. The van der Waals surface area contributed by atoms with Crippen molar-refractivity contribution >= 4 is 53.0 Å². The largest absolute Gasteiger partial charge is 0.481 e.